The van der Waals surface area contributed by atoms with Crippen LogP contribution in [0, 0.1) is 5.92 Å². The smallest absolute Gasteiger partial charge is 0.351 e. The second kappa shape index (κ2) is 5.55. The highest BCUT2D eigenvalue weighted by Crippen LogP contribution is 2.31. The Bertz CT molecular complexity index is 414. The summed E-state index contributed by atoms with van der Waals surface area (Å²) in [4.78, 5) is 12.1. The average molecular weight is 294 g/mol. The van der Waals surface area contributed by atoms with Crippen molar-refractivity contribution in [1.29, 1.82) is 0 Å². The highest BCUT2D eigenvalue weighted by atomic mass is 35.5. The number of hydrogen-bond acceptors (Lipinski definition) is 4. The first-order chi connectivity index (χ1) is 8.08. The van der Waals surface area contributed by atoms with Crippen molar-refractivity contribution < 1.29 is 9.53 Å². The molecule has 0 unspecified atom stereocenters. The van der Waals surface area contributed by atoms with Crippen LogP contribution in [0.5, 0.6) is 0 Å². The van der Waals surface area contributed by atoms with Gasteiger partial charge < -0.3 is 4.74 Å². The molecule has 0 spiro atoms. The van der Waals surface area contributed by atoms with Gasteiger partial charge in [0.2, 0.25) is 0 Å². The van der Waals surface area contributed by atoms with Gasteiger partial charge in [0.25, 0.3) is 0 Å². The van der Waals surface area contributed by atoms with Gasteiger partial charge >= 0.3 is 5.97 Å². The van der Waals surface area contributed by atoms with Crippen LogP contribution in [0.2, 0.25) is 10.2 Å². The highest BCUT2D eigenvalue weighted by molar-refractivity contribution is 7.09. The first-order valence-corrected chi connectivity index (χ1v) is 7.12. The molecule has 1 aliphatic carbocycles. The molecule has 1 aromatic heterocycles. The fourth-order valence-electron chi connectivity index (χ4n) is 1.94. The van der Waals surface area contributed by atoms with Gasteiger partial charge in [0.1, 0.15) is 11.1 Å². The van der Waals surface area contributed by atoms with Gasteiger partial charge in [0.15, 0.2) is 10.0 Å². The maximum atomic E-state index is 11.8. The predicted octanol–water partition coefficient (Wildman–Crippen LogP) is 4.19. The topological polar surface area (TPSA) is 39.2 Å². The van der Waals surface area contributed by atoms with Crippen molar-refractivity contribution in [2.75, 3.05) is 0 Å². The summed E-state index contributed by atoms with van der Waals surface area (Å²) in [6, 6.07) is 0. The Balaban J connectivity index is 1.95. The summed E-state index contributed by atoms with van der Waals surface area (Å²) in [5.74, 6) is 0.324. The van der Waals surface area contributed by atoms with Gasteiger partial charge in [-0.1, -0.05) is 30.1 Å². The Hall–Kier alpha value is -0.320. The molecule has 0 N–H and O–H groups in total. The number of carbonyl (C=O) groups excluding carboxylic acids is 1. The van der Waals surface area contributed by atoms with E-state index >= 15 is 0 Å². The van der Waals surface area contributed by atoms with Gasteiger partial charge in [-0.2, -0.15) is 4.37 Å². The van der Waals surface area contributed by atoms with E-state index < -0.39 is 5.97 Å². The van der Waals surface area contributed by atoms with Gasteiger partial charge in [0, 0.05) is 0 Å². The Labute approximate surface area is 114 Å². The molecule has 1 saturated carbocycles. The minimum atomic E-state index is -0.404. The van der Waals surface area contributed by atoms with Gasteiger partial charge in [-0.25, -0.2) is 4.79 Å². The number of hydrogen-bond donors (Lipinski definition) is 0. The molecule has 1 aliphatic rings. The van der Waals surface area contributed by atoms with E-state index in [9.17, 15) is 4.79 Å². The third kappa shape index (κ3) is 3.12. The summed E-state index contributed by atoms with van der Waals surface area (Å²) >= 11 is 12.5. The molecule has 0 saturated heterocycles. The van der Waals surface area contributed by atoms with Crippen molar-refractivity contribution in [2.45, 2.75) is 38.7 Å². The normalized spacial score (nSPS) is 24.6. The summed E-state index contributed by atoms with van der Waals surface area (Å²) in [5.41, 5.74) is 0. The first kappa shape index (κ1) is 13.1. The lowest BCUT2D eigenvalue weighted by Crippen LogP contribution is -2.23. The summed E-state index contributed by atoms with van der Waals surface area (Å²) < 4.78 is 9.22. The fourth-order valence-corrected chi connectivity index (χ4v) is 3.03. The lowest BCUT2D eigenvalue weighted by atomic mass is 9.89. The average Bonchev–Trinajstić information content (AvgIpc) is 2.63. The zero-order valence-corrected chi connectivity index (χ0v) is 11.7. The minimum absolute atomic E-state index is 0.00985. The minimum Gasteiger partial charge on any atom is -0.458 e. The van der Waals surface area contributed by atoms with Crippen molar-refractivity contribution in [2.24, 2.45) is 5.92 Å². The Morgan fingerprint density at radius 3 is 2.53 bits per heavy atom. The number of halogens is 2. The van der Waals surface area contributed by atoms with Crippen LogP contribution in [0.4, 0.5) is 0 Å². The van der Waals surface area contributed by atoms with Crippen LogP contribution in [0.3, 0.4) is 0 Å². The van der Waals surface area contributed by atoms with Gasteiger partial charge in [0.05, 0.1) is 0 Å². The monoisotopic (exact) mass is 293 g/mol. The lowest BCUT2D eigenvalue weighted by Gasteiger charge is -2.25. The van der Waals surface area contributed by atoms with Crippen molar-refractivity contribution in [3.05, 3.63) is 15.1 Å². The molecule has 94 valence electrons. The number of nitrogens with zero attached hydrogens (tertiary/aromatic N) is 1. The van der Waals surface area contributed by atoms with Crippen LogP contribution >= 0.6 is 34.7 Å². The number of rotatable bonds is 2. The molecule has 17 heavy (non-hydrogen) atoms. The van der Waals surface area contributed by atoms with Crippen molar-refractivity contribution in [3.8, 4) is 0 Å². The van der Waals surface area contributed by atoms with Crippen LogP contribution < -0.4 is 0 Å². The van der Waals surface area contributed by atoms with Crippen LogP contribution in [-0.2, 0) is 4.74 Å². The standard InChI is InChI=1S/C11H13Cl2NO2S/c1-6-2-4-7(5-3-6)16-11(15)9-8(12)10(13)14-17-9/h6-7H,2-5H2,1H3. The molecule has 0 bridgehead atoms. The number of ether oxygens (including phenoxy) is 1. The van der Waals surface area contributed by atoms with E-state index in [-0.39, 0.29) is 16.3 Å². The van der Waals surface area contributed by atoms with Crippen LogP contribution in [0.25, 0.3) is 0 Å². The summed E-state index contributed by atoms with van der Waals surface area (Å²) in [6.45, 7) is 2.22. The number of carbonyl (C=O) groups is 1. The summed E-state index contributed by atoms with van der Waals surface area (Å²) in [7, 11) is 0. The Morgan fingerprint density at radius 2 is 2.00 bits per heavy atom. The molecule has 3 nitrogen and oxygen atoms in total. The van der Waals surface area contributed by atoms with Crippen molar-refractivity contribution >= 4 is 40.7 Å². The molecule has 0 radical (unpaired) electrons. The molecule has 2 rings (SSSR count). The molecule has 0 amide bonds. The third-order valence-electron chi connectivity index (χ3n) is 3.02. The lowest BCUT2D eigenvalue weighted by molar-refractivity contribution is 0.0179. The predicted molar refractivity (Wildman–Crippen MR) is 69.0 cm³/mol. The molecule has 0 aliphatic heterocycles. The summed E-state index contributed by atoms with van der Waals surface area (Å²) in [6.07, 6.45) is 4.08. The van der Waals surface area contributed by atoms with Crippen LogP contribution in [0.1, 0.15) is 42.3 Å². The molecule has 1 fully saturated rings. The van der Waals surface area contributed by atoms with Crippen molar-refractivity contribution in [3.63, 3.8) is 0 Å². The number of esters is 1. The van der Waals surface area contributed by atoms with E-state index in [1.807, 2.05) is 0 Å². The maximum Gasteiger partial charge on any atom is 0.351 e. The zero-order valence-electron chi connectivity index (χ0n) is 9.41. The van der Waals surface area contributed by atoms with E-state index in [0.29, 0.717) is 4.88 Å². The second-order valence-electron chi connectivity index (χ2n) is 4.40. The molecule has 0 aromatic carbocycles. The maximum absolute atomic E-state index is 11.8. The van der Waals surface area contributed by atoms with Crippen LogP contribution in [-0.4, -0.2) is 16.4 Å². The molecule has 6 heteroatoms. The largest absolute Gasteiger partial charge is 0.458 e. The van der Waals surface area contributed by atoms with Crippen molar-refractivity contribution in [1.82, 2.24) is 4.37 Å². The van der Waals surface area contributed by atoms with Gasteiger partial charge in [-0.05, 0) is 43.1 Å². The second-order valence-corrected chi connectivity index (χ2v) is 5.91. The molecule has 1 aromatic rings. The van der Waals surface area contributed by atoms with E-state index in [4.69, 9.17) is 27.9 Å². The number of aromatic nitrogens is 1. The quantitative estimate of drug-likeness (QED) is 0.768. The van der Waals surface area contributed by atoms with E-state index in [2.05, 4.69) is 11.3 Å². The van der Waals surface area contributed by atoms with Gasteiger partial charge in [-0.15, -0.1) is 0 Å². The molecular formula is C11H13Cl2NO2S. The highest BCUT2D eigenvalue weighted by Gasteiger charge is 2.25. The van der Waals surface area contributed by atoms with Gasteiger partial charge in [-0.3, -0.25) is 0 Å². The SMILES string of the molecule is CC1CCC(OC(=O)c2snc(Cl)c2Cl)CC1. The Kier molecular flexibility index (Phi) is 4.28. The van der Waals surface area contributed by atoms with Crippen LogP contribution in [0.15, 0.2) is 0 Å². The van der Waals surface area contributed by atoms with E-state index in [1.54, 1.807) is 0 Å². The Morgan fingerprint density at radius 1 is 1.35 bits per heavy atom. The third-order valence-corrected chi connectivity index (χ3v) is 4.80. The molecule has 0 atom stereocenters. The molecular weight excluding hydrogens is 281 g/mol. The zero-order chi connectivity index (χ0) is 12.4. The fraction of sp³-hybridized carbons (Fsp3) is 0.636. The first-order valence-electron chi connectivity index (χ1n) is 5.59. The van der Waals surface area contributed by atoms with E-state index in [0.717, 1.165) is 43.1 Å². The van der Waals surface area contributed by atoms with E-state index in [1.165, 1.54) is 0 Å². The molecule has 1 heterocycles. The summed E-state index contributed by atoms with van der Waals surface area (Å²) in [5, 5.41) is 0.367.